The lowest BCUT2D eigenvalue weighted by molar-refractivity contribution is -0.147. The summed E-state index contributed by atoms with van der Waals surface area (Å²) in [6.45, 7) is 2.06. The zero-order valence-electron chi connectivity index (χ0n) is 9.01. The minimum atomic E-state index is -0.384. The number of Topliss-reactive ketones (excluding diaryl/α,β-unsaturated/α-hetero) is 1. The molecule has 5 heteroatoms. The second kappa shape index (κ2) is 3.06. The van der Waals surface area contributed by atoms with Gasteiger partial charge >= 0.3 is 5.97 Å². The molecule has 0 radical (unpaired) electrons. The highest BCUT2D eigenvalue weighted by molar-refractivity contribution is 6.04. The largest absolute Gasteiger partial charge is 0.466 e. The predicted molar refractivity (Wildman–Crippen MR) is 52.3 cm³/mol. The molecule has 2 saturated heterocycles. The Hall–Kier alpha value is -1.39. The molecule has 0 aromatic heterocycles. The van der Waals surface area contributed by atoms with Crippen molar-refractivity contribution in [1.82, 2.24) is 4.90 Å². The summed E-state index contributed by atoms with van der Waals surface area (Å²) in [5, 5.41) is 0. The van der Waals surface area contributed by atoms with Gasteiger partial charge in [-0.1, -0.05) is 0 Å². The van der Waals surface area contributed by atoms with E-state index in [9.17, 15) is 14.4 Å². The molecule has 0 aromatic rings. The topological polar surface area (TPSA) is 63.7 Å². The summed E-state index contributed by atoms with van der Waals surface area (Å²) in [6, 6.07) is -0.431. The van der Waals surface area contributed by atoms with Gasteiger partial charge in [0.15, 0.2) is 5.78 Å². The fourth-order valence-corrected chi connectivity index (χ4v) is 3.09. The zero-order valence-corrected chi connectivity index (χ0v) is 9.01. The number of amides is 1. The number of carbonyl (C=O) groups is 3. The number of nitrogens with zero attached hydrogens (tertiary/aromatic N) is 1. The molecule has 0 spiro atoms. The van der Waals surface area contributed by atoms with Gasteiger partial charge in [-0.2, -0.15) is 0 Å². The van der Waals surface area contributed by atoms with E-state index in [1.54, 1.807) is 11.8 Å². The van der Waals surface area contributed by atoms with Crippen molar-refractivity contribution < 1.29 is 19.1 Å². The van der Waals surface area contributed by atoms with E-state index in [1.165, 1.54) is 0 Å². The molecule has 0 aromatic carbocycles. The van der Waals surface area contributed by atoms with Crippen molar-refractivity contribution in [1.29, 1.82) is 0 Å². The van der Waals surface area contributed by atoms with E-state index in [-0.39, 0.29) is 41.6 Å². The number of rotatable bonds is 2. The Bertz CT molecular complexity index is 391. The third kappa shape index (κ3) is 1.03. The van der Waals surface area contributed by atoms with Gasteiger partial charge in [0.25, 0.3) is 0 Å². The van der Waals surface area contributed by atoms with Crippen LogP contribution in [0.5, 0.6) is 0 Å². The van der Waals surface area contributed by atoms with Crippen molar-refractivity contribution in [3.05, 3.63) is 0 Å². The van der Waals surface area contributed by atoms with Crippen molar-refractivity contribution in [2.45, 2.75) is 31.8 Å². The lowest BCUT2D eigenvalue weighted by atomic mass is 10.1. The Balaban J connectivity index is 1.80. The Labute approximate surface area is 92.7 Å². The molecular formula is C11H13NO4. The second-order valence-electron chi connectivity index (χ2n) is 4.55. The van der Waals surface area contributed by atoms with Gasteiger partial charge in [0.2, 0.25) is 5.91 Å². The number of hydrogen-bond donors (Lipinski definition) is 0. The summed E-state index contributed by atoms with van der Waals surface area (Å²) in [6.07, 6.45) is 1.06. The van der Waals surface area contributed by atoms with Crippen LogP contribution in [-0.2, 0) is 19.1 Å². The Morgan fingerprint density at radius 2 is 2.25 bits per heavy atom. The van der Waals surface area contributed by atoms with Gasteiger partial charge in [-0.25, -0.2) is 0 Å². The highest BCUT2D eigenvalue weighted by atomic mass is 16.5. The van der Waals surface area contributed by atoms with Crippen LogP contribution in [0.3, 0.4) is 0 Å². The predicted octanol–water partition coefficient (Wildman–Crippen LogP) is -0.262. The number of esters is 1. The molecule has 3 rings (SSSR count). The molecule has 0 unspecified atom stereocenters. The lowest BCUT2D eigenvalue weighted by Crippen LogP contribution is -2.37. The zero-order chi connectivity index (χ0) is 11.4. The normalized spacial score (nSPS) is 39.7. The van der Waals surface area contributed by atoms with Crippen LogP contribution in [-0.4, -0.2) is 41.3 Å². The lowest BCUT2D eigenvalue weighted by Gasteiger charge is -2.19. The van der Waals surface area contributed by atoms with Crippen molar-refractivity contribution in [3.8, 4) is 0 Å². The Morgan fingerprint density at radius 3 is 2.94 bits per heavy atom. The molecule has 2 aliphatic heterocycles. The van der Waals surface area contributed by atoms with Crippen LogP contribution >= 0.6 is 0 Å². The number of ketones is 1. The standard InChI is InChI=1S/C11H13NO4/c1-2-16-11(15)8-7-9(8)12-5(10(7)14)3-4-6(12)13/h5,7-9H,2-4H2,1H3/t5-,7+,8+,9+/m0/s1. The van der Waals surface area contributed by atoms with E-state index < -0.39 is 0 Å². The number of hydrogen-bond acceptors (Lipinski definition) is 4. The fourth-order valence-electron chi connectivity index (χ4n) is 3.09. The summed E-state index contributed by atoms with van der Waals surface area (Å²) in [7, 11) is 0. The molecule has 4 atom stereocenters. The van der Waals surface area contributed by atoms with Crippen molar-refractivity contribution in [2.75, 3.05) is 6.61 Å². The van der Waals surface area contributed by atoms with E-state index in [0.29, 0.717) is 19.4 Å². The van der Waals surface area contributed by atoms with E-state index in [0.717, 1.165) is 0 Å². The maximum absolute atomic E-state index is 11.9. The first-order chi connectivity index (χ1) is 7.66. The minimum Gasteiger partial charge on any atom is -0.466 e. The molecule has 1 amide bonds. The molecule has 86 valence electrons. The van der Waals surface area contributed by atoms with Crippen LogP contribution < -0.4 is 0 Å². The van der Waals surface area contributed by atoms with Gasteiger partial charge in [0.05, 0.1) is 30.5 Å². The van der Waals surface area contributed by atoms with Gasteiger partial charge in [0, 0.05) is 6.42 Å². The quantitative estimate of drug-likeness (QED) is 0.605. The number of piperidine rings is 1. The van der Waals surface area contributed by atoms with Crippen LogP contribution in [0, 0.1) is 11.8 Å². The maximum Gasteiger partial charge on any atom is 0.311 e. The monoisotopic (exact) mass is 223 g/mol. The first-order valence-electron chi connectivity index (χ1n) is 5.68. The van der Waals surface area contributed by atoms with Crippen molar-refractivity contribution >= 4 is 17.7 Å². The van der Waals surface area contributed by atoms with Crippen LogP contribution in [0.2, 0.25) is 0 Å². The molecule has 0 N–H and O–H groups in total. The van der Waals surface area contributed by atoms with Crippen molar-refractivity contribution in [3.63, 3.8) is 0 Å². The minimum absolute atomic E-state index is 0.0117. The van der Waals surface area contributed by atoms with Gasteiger partial charge in [0.1, 0.15) is 0 Å². The van der Waals surface area contributed by atoms with Gasteiger partial charge in [-0.05, 0) is 13.3 Å². The summed E-state index contributed by atoms with van der Waals surface area (Å²) < 4.78 is 4.91. The third-order valence-corrected chi connectivity index (χ3v) is 3.77. The number of carbonyl (C=O) groups excluding carboxylic acids is 3. The van der Waals surface area contributed by atoms with Crippen LogP contribution in [0.1, 0.15) is 19.8 Å². The summed E-state index contributed by atoms with van der Waals surface area (Å²) in [5.74, 6) is -0.908. The molecule has 5 nitrogen and oxygen atoms in total. The van der Waals surface area contributed by atoms with Gasteiger partial charge in [-0.3, -0.25) is 14.4 Å². The Morgan fingerprint density at radius 1 is 1.50 bits per heavy atom. The first kappa shape index (κ1) is 9.81. The molecule has 1 saturated carbocycles. The molecule has 2 heterocycles. The first-order valence-corrected chi connectivity index (χ1v) is 5.68. The van der Waals surface area contributed by atoms with Crippen LogP contribution in [0.25, 0.3) is 0 Å². The van der Waals surface area contributed by atoms with Crippen molar-refractivity contribution in [2.24, 2.45) is 11.8 Å². The molecule has 3 fully saturated rings. The van der Waals surface area contributed by atoms with Crippen LogP contribution in [0.15, 0.2) is 0 Å². The second-order valence-corrected chi connectivity index (χ2v) is 4.55. The number of fused-ring (bicyclic) bond motifs is 3. The van der Waals surface area contributed by atoms with Gasteiger partial charge in [-0.15, -0.1) is 0 Å². The average molecular weight is 223 g/mol. The summed E-state index contributed by atoms with van der Waals surface area (Å²) in [4.78, 5) is 36.6. The third-order valence-electron chi connectivity index (χ3n) is 3.77. The van der Waals surface area contributed by atoms with E-state index in [4.69, 9.17) is 4.74 Å². The average Bonchev–Trinajstić information content (AvgIpc) is 2.76. The Kier molecular flexibility index (Phi) is 1.87. The molecule has 1 aliphatic carbocycles. The van der Waals surface area contributed by atoms with E-state index in [1.807, 2.05) is 0 Å². The summed E-state index contributed by atoms with van der Waals surface area (Å²) in [5.41, 5.74) is 0. The van der Waals surface area contributed by atoms with E-state index in [2.05, 4.69) is 0 Å². The van der Waals surface area contributed by atoms with Gasteiger partial charge < -0.3 is 9.64 Å². The summed E-state index contributed by atoms with van der Waals surface area (Å²) >= 11 is 0. The molecular weight excluding hydrogens is 210 g/mol. The van der Waals surface area contributed by atoms with E-state index >= 15 is 0 Å². The fraction of sp³-hybridized carbons (Fsp3) is 0.727. The maximum atomic E-state index is 11.9. The molecule has 16 heavy (non-hydrogen) atoms. The SMILES string of the molecule is CCOC(=O)[C@@H]1[C@H]2C(=O)[C@@H]3CCC(=O)N3[C@@H]12. The highest BCUT2D eigenvalue weighted by Gasteiger charge is 2.72. The highest BCUT2D eigenvalue weighted by Crippen LogP contribution is 2.54. The molecule has 0 bridgehead atoms. The van der Waals surface area contributed by atoms with Crippen LogP contribution in [0.4, 0.5) is 0 Å². The number of ether oxygens (including phenoxy) is 1. The smallest absolute Gasteiger partial charge is 0.311 e. The molecule has 3 aliphatic rings.